The lowest BCUT2D eigenvalue weighted by molar-refractivity contribution is -0.110. The molecule has 16 heavy (non-hydrogen) atoms. The second-order valence-electron chi connectivity index (χ2n) is 3.23. The molecule has 0 bridgehead atoms. The number of amides is 1. The van der Waals surface area contributed by atoms with E-state index in [1.54, 1.807) is 24.3 Å². The van der Waals surface area contributed by atoms with Crippen molar-refractivity contribution < 1.29 is 4.79 Å². The monoisotopic (exact) mass is 229 g/mol. The molecule has 5 heteroatoms. The van der Waals surface area contributed by atoms with Crippen LogP contribution >= 0.6 is 12.2 Å². The summed E-state index contributed by atoms with van der Waals surface area (Å²) in [5, 5.41) is 11.6. The standard InChI is InChI=1S/C11H7N3OS/c12-5-7(10(13)16)9-6-3-1-2-4-8(6)14-11(9)15/h1-4H,(H2,13,16)(H,14,15)/b9-7-. The number of rotatable bonds is 1. The molecule has 0 fully saturated rings. The van der Waals surface area contributed by atoms with Gasteiger partial charge in [-0.25, -0.2) is 0 Å². The molecule has 1 aromatic rings. The third-order valence-electron chi connectivity index (χ3n) is 2.28. The van der Waals surface area contributed by atoms with Crippen LogP contribution in [0.25, 0.3) is 5.57 Å². The number of para-hydroxylation sites is 1. The van der Waals surface area contributed by atoms with E-state index in [0.717, 1.165) is 0 Å². The normalized spacial score (nSPS) is 16.1. The number of carbonyl (C=O) groups excluding carboxylic acids is 1. The van der Waals surface area contributed by atoms with Crippen LogP contribution in [0.5, 0.6) is 0 Å². The molecule has 0 atom stereocenters. The van der Waals surface area contributed by atoms with Crippen LogP contribution in [-0.2, 0) is 4.79 Å². The zero-order chi connectivity index (χ0) is 11.7. The smallest absolute Gasteiger partial charge is 0.257 e. The number of benzene rings is 1. The Balaban J connectivity index is 2.72. The number of nitrogens with zero attached hydrogens (tertiary/aromatic N) is 1. The summed E-state index contributed by atoms with van der Waals surface area (Å²) in [7, 11) is 0. The first-order valence-electron chi connectivity index (χ1n) is 4.50. The molecule has 0 saturated heterocycles. The first-order valence-corrected chi connectivity index (χ1v) is 4.91. The molecule has 0 spiro atoms. The predicted molar refractivity (Wildman–Crippen MR) is 64.4 cm³/mol. The molecule has 0 unspecified atom stereocenters. The van der Waals surface area contributed by atoms with Crippen LogP contribution in [0, 0.1) is 11.3 Å². The Labute approximate surface area is 97.4 Å². The number of hydrogen-bond acceptors (Lipinski definition) is 3. The van der Waals surface area contributed by atoms with E-state index in [1.165, 1.54) is 0 Å². The lowest BCUT2D eigenvalue weighted by Gasteiger charge is -2.00. The van der Waals surface area contributed by atoms with Gasteiger partial charge in [-0.3, -0.25) is 4.79 Å². The number of nitrogens with one attached hydrogen (secondary N) is 1. The number of carbonyl (C=O) groups is 1. The summed E-state index contributed by atoms with van der Waals surface area (Å²) in [6.45, 7) is 0. The summed E-state index contributed by atoms with van der Waals surface area (Å²) in [6.07, 6.45) is 0. The minimum atomic E-state index is -0.342. The quantitative estimate of drug-likeness (QED) is 0.431. The SMILES string of the molecule is N#C/C(C(N)=S)=C1/C(=O)Nc2ccccc21. The van der Waals surface area contributed by atoms with E-state index < -0.39 is 0 Å². The van der Waals surface area contributed by atoms with Gasteiger partial charge in [0.05, 0.1) is 11.1 Å². The maximum atomic E-state index is 11.7. The van der Waals surface area contributed by atoms with Gasteiger partial charge >= 0.3 is 0 Å². The average molecular weight is 229 g/mol. The molecule has 0 radical (unpaired) electrons. The van der Waals surface area contributed by atoms with Crippen molar-refractivity contribution in [3.63, 3.8) is 0 Å². The Morgan fingerprint density at radius 1 is 1.44 bits per heavy atom. The Kier molecular flexibility index (Phi) is 2.43. The van der Waals surface area contributed by atoms with Gasteiger partial charge in [-0.05, 0) is 6.07 Å². The topological polar surface area (TPSA) is 78.9 Å². The molecular weight excluding hydrogens is 222 g/mol. The molecule has 0 aliphatic carbocycles. The highest BCUT2D eigenvalue weighted by atomic mass is 32.1. The number of hydrogen-bond donors (Lipinski definition) is 2. The second-order valence-corrected chi connectivity index (χ2v) is 3.67. The van der Waals surface area contributed by atoms with Crippen molar-refractivity contribution >= 4 is 34.4 Å². The van der Waals surface area contributed by atoms with Gasteiger partial charge in [-0.1, -0.05) is 30.4 Å². The summed E-state index contributed by atoms with van der Waals surface area (Å²) in [5.41, 5.74) is 7.06. The van der Waals surface area contributed by atoms with Crippen molar-refractivity contribution in [2.24, 2.45) is 5.73 Å². The third kappa shape index (κ3) is 1.45. The van der Waals surface area contributed by atoms with E-state index in [0.29, 0.717) is 11.3 Å². The Hall–Kier alpha value is -2.19. The number of nitriles is 1. The predicted octanol–water partition coefficient (Wildman–Crippen LogP) is 1.20. The fourth-order valence-corrected chi connectivity index (χ4v) is 1.75. The van der Waals surface area contributed by atoms with Gasteiger partial charge in [0.1, 0.15) is 11.1 Å². The van der Waals surface area contributed by atoms with Crippen molar-refractivity contribution in [3.05, 3.63) is 35.4 Å². The zero-order valence-electron chi connectivity index (χ0n) is 8.15. The van der Waals surface area contributed by atoms with Crippen LogP contribution in [-0.4, -0.2) is 10.9 Å². The van der Waals surface area contributed by atoms with Gasteiger partial charge in [0.2, 0.25) is 0 Å². The lowest BCUT2D eigenvalue weighted by atomic mass is 10.0. The molecule has 1 aliphatic rings. The van der Waals surface area contributed by atoms with Crippen LogP contribution in [0.2, 0.25) is 0 Å². The number of fused-ring (bicyclic) bond motifs is 1. The molecule has 1 aliphatic heterocycles. The largest absolute Gasteiger partial charge is 0.389 e. The molecule has 0 saturated carbocycles. The van der Waals surface area contributed by atoms with Crippen LogP contribution in [0.15, 0.2) is 29.8 Å². The molecule has 1 heterocycles. The minimum Gasteiger partial charge on any atom is -0.389 e. The van der Waals surface area contributed by atoms with Gasteiger partial charge in [0.25, 0.3) is 5.91 Å². The first kappa shape index (κ1) is 10.3. The maximum Gasteiger partial charge on any atom is 0.257 e. The average Bonchev–Trinajstić information content (AvgIpc) is 2.57. The summed E-state index contributed by atoms with van der Waals surface area (Å²) < 4.78 is 0. The Bertz CT molecular complexity index is 569. The van der Waals surface area contributed by atoms with Gasteiger partial charge < -0.3 is 11.1 Å². The fraction of sp³-hybridized carbons (Fsp3) is 0. The molecule has 0 aromatic heterocycles. The molecular formula is C11H7N3OS. The minimum absolute atomic E-state index is 0.0532. The number of thiocarbonyl (C=S) groups is 1. The summed E-state index contributed by atoms with van der Waals surface area (Å²) >= 11 is 4.75. The van der Waals surface area contributed by atoms with Crippen molar-refractivity contribution in [2.75, 3.05) is 5.32 Å². The van der Waals surface area contributed by atoms with Crippen molar-refractivity contribution in [1.82, 2.24) is 0 Å². The second kappa shape index (κ2) is 3.76. The summed E-state index contributed by atoms with van der Waals surface area (Å²) in [4.78, 5) is 11.6. The van der Waals surface area contributed by atoms with Crippen molar-refractivity contribution in [3.8, 4) is 6.07 Å². The number of nitrogens with two attached hydrogens (primary N) is 1. The van der Waals surface area contributed by atoms with E-state index in [2.05, 4.69) is 5.32 Å². The molecule has 78 valence electrons. The van der Waals surface area contributed by atoms with Gasteiger partial charge in [-0.15, -0.1) is 0 Å². The van der Waals surface area contributed by atoms with Crippen LogP contribution < -0.4 is 11.1 Å². The van der Waals surface area contributed by atoms with E-state index in [9.17, 15) is 4.79 Å². The highest BCUT2D eigenvalue weighted by Gasteiger charge is 2.27. The molecule has 3 N–H and O–H groups in total. The van der Waals surface area contributed by atoms with Crippen molar-refractivity contribution in [2.45, 2.75) is 0 Å². The number of anilines is 1. The van der Waals surface area contributed by atoms with E-state index in [4.69, 9.17) is 23.2 Å². The van der Waals surface area contributed by atoms with E-state index in [1.807, 2.05) is 6.07 Å². The van der Waals surface area contributed by atoms with Crippen LogP contribution in [0.4, 0.5) is 5.69 Å². The molecule has 1 aromatic carbocycles. The molecule has 4 nitrogen and oxygen atoms in total. The van der Waals surface area contributed by atoms with E-state index >= 15 is 0 Å². The lowest BCUT2D eigenvalue weighted by Crippen LogP contribution is -2.15. The van der Waals surface area contributed by atoms with Gasteiger partial charge in [-0.2, -0.15) is 5.26 Å². The zero-order valence-corrected chi connectivity index (χ0v) is 8.97. The highest BCUT2D eigenvalue weighted by molar-refractivity contribution is 7.80. The Morgan fingerprint density at radius 2 is 2.12 bits per heavy atom. The van der Waals surface area contributed by atoms with Crippen molar-refractivity contribution in [1.29, 1.82) is 5.26 Å². The van der Waals surface area contributed by atoms with Gasteiger partial charge in [0.15, 0.2) is 0 Å². The summed E-state index contributed by atoms with van der Waals surface area (Å²) in [5.74, 6) is -0.342. The maximum absolute atomic E-state index is 11.7. The fourth-order valence-electron chi connectivity index (χ4n) is 1.60. The molecule has 1 amide bonds. The van der Waals surface area contributed by atoms with Crippen LogP contribution in [0.1, 0.15) is 5.56 Å². The first-order chi connectivity index (χ1) is 7.65. The Morgan fingerprint density at radius 3 is 2.75 bits per heavy atom. The molecule has 2 rings (SSSR count). The highest BCUT2D eigenvalue weighted by Crippen LogP contribution is 2.33. The van der Waals surface area contributed by atoms with E-state index in [-0.39, 0.29) is 22.0 Å². The van der Waals surface area contributed by atoms with Gasteiger partial charge in [0, 0.05) is 11.3 Å². The van der Waals surface area contributed by atoms with Crippen LogP contribution in [0.3, 0.4) is 0 Å². The summed E-state index contributed by atoms with van der Waals surface area (Å²) in [6, 6.07) is 8.96. The third-order valence-corrected chi connectivity index (χ3v) is 2.48.